The summed E-state index contributed by atoms with van der Waals surface area (Å²) in [5.74, 6) is -2.43. The molecule has 18 heavy (non-hydrogen) atoms. The Balaban J connectivity index is 2.44. The first kappa shape index (κ1) is 14.0. The number of hydrogen-bond acceptors (Lipinski definition) is 4. The van der Waals surface area contributed by atoms with Gasteiger partial charge in [-0.05, 0) is 6.42 Å². The van der Waals surface area contributed by atoms with E-state index < -0.39 is 23.7 Å². The van der Waals surface area contributed by atoms with Crippen molar-refractivity contribution >= 4 is 23.9 Å². The molecule has 1 fully saturated rings. The molecule has 0 aromatic heterocycles. The minimum Gasteiger partial charge on any atom is -0.480 e. The van der Waals surface area contributed by atoms with E-state index in [2.05, 4.69) is 10.1 Å². The van der Waals surface area contributed by atoms with Gasteiger partial charge in [0.25, 0.3) is 0 Å². The number of Topliss-reactive ketones (excluding diaryl/α,β-unsaturated/α-hetero) is 1. The summed E-state index contributed by atoms with van der Waals surface area (Å²) >= 11 is 0. The molecule has 0 spiro atoms. The molecule has 0 aromatic rings. The van der Waals surface area contributed by atoms with Gasteiger partial charge in [-0.3, -0.25) is 9.59 Å². The summed E-state index contributed by atoms with van der Waals surface area (Å²) in [6, 6.07) is -1.13. The molecule has 98 valence electrons. The molecule has 1 amide bonds. The van der Waals surface area contributed by atoms with Gasteiger partial charge in [-0.2, -0.15) is 4.79 Å². The number of hydrogen-bond donors (Lipinski definition) is 2. The van der Waals surface area contributed by atoms with Gasteiger partial charge in [0.1, 0.15) is 6.04 Å². The van der Waals surface area contributed by atoms with Crippen LogP contribution in [0.15, 0.2) is 0 Å². The van der Waals surface area contributed by atoms with E-state index in [-0.39, 0.29) is 32.0 Å². The Hall–Kier alpha value is -2.05. The molecular formula is C10H13N3O5. The summed E-state index contributed by atoms with van der Waals surface area (Å²) in [4.78, 5) is 36.0. The third-order valence-electron chi connectivity index (χ3n) is 2.50. The van der Waals surface area contributed by atoms with Crippen molar-refractivity contribution in [2.75, 3.05) is 13.2 Å². The highest BCUT2D eigenvalue weighted by Gasteiger charge is 2.30. The van der Waals surface area contributed by atoms with Crippen LogP contribution >= 0.6 is 0 Å². The molecular weight excluding hydrogens is 242 g/mol. The van der Waals surface area contributed by atoms with Gasteiger partial charge in [-0.15, -0.1) is 0 Å². The second-order valence-electron chi connectivity index (χ2n) is 3.88. The van der Waals surface area contributed by atoms with E-state index in [1.165, 1.54) is 0 Å². The maximum Gasteiger partial charge on any atom is 0.326 e. The van der Waals surface area contributed by atoms with E-state index >= 15 is 0 Å². The second kappa shape index (κ2) is 6.63. The van der Waals surface area contributed by atoms with Crippen LogP contribution < -0.4 is 5.32 Å². The third-order valence-corrected chi connectivity index (χ3v) is 2.50. The number of ether oxygens (including phenoxy) is 1. The highest BCUT2D eigenvalue weighted by Crippen LogP contribution is 2.10. The predicted octanol–water partition coefficient (Wildman–Crippen LogP) is -1.15. The second-order valence-corrected chi connectivity index (χ2v) is 3.88. The van der Waals surface area contributed by atoms with Crippen LogP contribution in [0.25, 0.3) is 5.53 Å². The normalized spacial score (nSPS) is 16.0. The van der Waals surface area contributed by atoms with Crippen molar-refractivity contribution in [1.29, 1.82) is 0 Å². The van der Waals surface area contributed by atoms with Gasteiger partial charge in [0, 0.05) is 6.42 Å². The Labute approximate surface area is 103 Å². The van der Waals surface area contributed by atoms with Gasteiger partial charge in [-0.25, -0.2) is 4.79 Å². The molecule has 1 aliphatic heterocycles. The van der Waals surface area contributed by atoms with Crippen molar-refractivity contribution in [3.05, 3.63) is 5.53 Å². The molecule has 8 heteroatoms. The summed E-state index contributed by atoms with van der Waals surface area (Å²) in [6.45, 7) is 0.572. The number of carbonyl (C=O) groups is 3. The number of amides is 1. The molecule has 1 unspecified atom stereocenters. The first-order chi connectivity index (χ1) is 8.54. The van der Waals surface area contributed by atoms with E-state index in [9.17, 15) is 14.4 Å². The topological polar surface area (TPSA) is 129 Å². The maximum atomic E-state index is 11.5. The average molecular weight is 255 g/mol. The first-order valence-corrected chi connectivity index (χ1v) is 5.35. The minimum atomic E-state index is -1.21. The number of carboxylic acid groups (broad SMARTS) is 1. The fourth-order valence-corrected chi connectivity index (χ4v) is 1.35. The lowest BCUT2D eigenvalue weighted by atomic mass is 10.0. The first-order valence-electron chi connectivity index (χ1n) is 5.35. The summed E-state index contributed by atoms with van der Waals surface area (Å²) < 4.78 is 4.82. The van der Waals surface area contributed by atoms with Crippen molar-refractivity contribution in [3.8, 4) is 0 Å². The molecule has 1 atom stereocenters. The molecule has 1 saturated heterocycles. The zero-order valence-electron chi connectivity index (χ0n) is 9.54. The minimum absolute atomic E-state index is 0.0560. The largest absolute Gasteiger partial charge is 0.480 e. The number of aliphatic carboxylic acids is 1. The zero-order chi connectivity index (χ0) is 13.5. The lowest BCUT2D eigenvalue weighted by molar-refractivity contribution is -0.147. The maximum absolute atomic E-state index is 11.5. The van der Waals surface area contributed by atoms with Crippen molar-refractivity contribution in [2.24, 2.45) is 5.92 Å². The summed E-state index contributed by atoms with van der Waals surface area (Å²) in [5.41, 5.74) is 8.12. The molecule has 0 aliphatic carbocycles. The van der Waals surface area contributed by atoms with Crippen LogP contribution in [-0.2, 0) is 19.1 Å². The number of ketones is 1. The van der Waals surface area contributed by atoms with Crippen molar-refractivity contribution in [3.63, 3.8) is 0 Å². The van der Waals surface area contributed by atoms with Gasteiger partial charge >= 0.3 is 12.2 Å². The van der Waals surface area contributed by atoms with Crippen molar-refractivity contribution in [1.82, 2.24) is 5.32 Å². The highest BCUT2D eigenvalue weighted by molar-refractivity contribution is 6.25. The van der Waals surface area contributed by atoms with E-state index in [4.69, 9.17) is 15.4 Å². The molecule has 1 heterocycles. The number of carbonyl (C=O) groups excluding carboxylic acids is 2. The van der Waals surface area contributed by atoms with Gasteiger partial charge in [0.2, 0.25) is 11.7 Å². The van der Waals surface area contributed by atoms with E-state index in [1.807, 2.05) is 0 Å². The summed E-state index contributed by atoms with van der Waals surface area (Å²) in [6.07, 6.45) is 0.516. The average Bonchev–Trinajstić information content (AvgIpc) is 2.21. The molecule has 0 aromatic carbocycles. The predicted molar refractivity (Wildman–Crippen MR) is 57.8 cm³/mol. The number of rotatable bonds is 7. The van der Waals surface area contributed by atoms with Gasteiger partial charge in [0.05, 0.1) is 19.1 Å². The van der Waals surface area contributed by atoms with Gasteiger partial charge in [0.15, 0.2) is 0 Å². The monoisotopic (exact) mass is 255 g/mol. The lowest BCUT2D eigenvalue weighted by Crippen LogP contribution is -2.48. The Kier molecular flexibility index (Phi) is 5.16. The Morgan fingerprint density at radius 3 is 2.61 bits per heavy atom. The van der Waals surface area contributed by atoms with Crippen LogP contribution in [0.5, 0.6) is 0 Å². The van der Waals surface area contributed by atoms with Crippen LogP contribution in [0.4, 0.5) is 0 Å². The van der Waals surface area contributed by atoms with Gasteiger partial charge < -0.3 is 20.7 Å². The van der Waals surface area contributed by atoms with Gasteiger partial charge in [-0.1, -0.05) is 0 Å². The van der Waals surface area contributed by atoms with Crippen LogP contribution in [0, 0.1) is 5.92 Å². The molecule has 2 N–H and O–H groups in total. The standard InChI is InChI=1S/C10H13N3O5/c11-12-3-7(14)1-2-8(10(16)17)13-9(15)6-4-18-5-6/h3,6,8H,1-2,4-5H2,(H,13,15)(H,16,17). The van der Waals surface area contributed by atoms with E-state index in [0.717, 1.165) is 0 Å². The quantitative estimate of drug-likeness (QED) is 0.337. The molecule has 1 rings (SSSR count). The van der Waals surface area contributed by atoms with Crippen LogP contribution in [0.3, 0.4) is 0 Å². The SMILES string of the molecule is [N-]=[N+]=CC(=O)CCC(NC(=O)C1COC1)C(=O)O. The van der Waals surface area contributed by atoms with E-state index in [0.29, 0.717) is 6.21 Å². The molecule has 0 saturated carbocycles. The van der Waals surface area contributed by atoms with Crippen LogP contribution in [0.1, 0.15) is 12.8 Å². The molecule has 8 nitrogen and oxygen atoms in total. The van der Waals surface area contributed by atoms with Crippen LogP contribution in [-0.4, -0.2) is 53.0 Å². The zero-order valence-corrected chi connectivity index (χ0v) is 9.54. The smallest absolute Gasteiger partial charge is 0.326 e. The fourth-order valence-electron chi connectivity index (χ4n) is 1.35. The number of nitrogens with zero attached hydrogens (tertiary/aromatic N) is 2. The Morgan fingerprint density at radius 1 is 1.50 bits per heavy atom. The number of carboxylic acids is 1. The highest BCUT2D eigenvalue weighted by atomic mass is 16.5. The fraction of sp³-hybridized carbons (Fsp3) is 0.600. The lowest BCUT2D eigenvalue weighted by Gasteiger charge is -2.26. The molecule has 0 bridgehead atoms. The van der Waals surface area contributed by atoms with Crippen molar-refractivity contribution in [2.45, 2.75) is 18.9 Å². The number of nitrogens with one attached hydrogen (secondary N) is 1. The van der Waals surface area contributed by atoms with Crippen molar-refractivity contribution < 1.29 is 29.0 Å². The molecule has 0 radical (unpaired) electrons. The summed E-state index contributed by atoms with van der Waals surface area (Å²) in [5, 5.41) is 11.2. The summed E-state index contributed by atoms with van der Waals surface area (Å²) in [7, 11) is 0. The molecule has 1 aliphatic rings. The Morgan fingerprint density at radius 2 is 2.17 bits per heavy atom. The van der Waals surface area contributed by atoms with Crippen LogP contribution in [0.2, 0.25) is 0 Å². The van der Waals surface area contributed by atoms with E-state index in [1.54, 1.807) is 0 Å². The third kappa shape index (κ3) is 4.08. The Bertz CT molecular complexity index is 398.